The summed E-state index contributed by atoms with van der Waals surface area (Å²) in [7, 11) is 0. The van der Waals surface area contributed by atoms with Crippen molar-refractivity contribution in [2.75, 3.05) is 6.54 Å². The van der Waals surface area contributed by atoms with E-state index < -0.39 is 6.10 Å². The van der Waals surface area contributed by atoms with Gasteiger partial charge in [0.15, 0.2) is 0 Å². The van der Waals surface area contributed by atoms with Gasteiger partial charge in [0.1, 0.15) is 5.76 Å². The Morgan fingerprint density at radius 1 is 1.64 bits per heavy atom. The van der Waals surface area contributed by atoms with Crippen LogP contribution in [0.1, 0.15) is 28.6 Å². The number of aliphatic hydroxyl groups excluding tert-OH is 1. The number of carbonyl (C=O) groups is 1. The SMILES string of the molecule is Cc1coc(C)c1C(=O)NCC(C)O. The topological polar surface area (TPSA) is 62.5 Å². The molecule has 1 heterocycles. The highest BCUT2D eigenvalue weighted by molar-refractivity contribution is 5.96. The van der Waals surface area contributed by atoms with E-state index in [9.17, 15) is 4.79 Å². The molecule has 1 amide bonds. The Labute approximate surface area is 82.9 Å². The molecule has 2 N–H and O–H groups in total. The molecular formula is C10H15NO3. The molecule has 0 bridgehead atoms. The number of aryl methyl sites for hydroxylation is 2. The summed E-state index contributed by atoms with van der Waals surface area (Å²) < 4.78 is 5.10. The van der Waals surface area contributed by atoms with Crippen LogP contribution in [0.3, 0.4) is 0 Å². The van der Waals surface area contributed by atoms with E-state index in [1.165, 1.54) is 0 Å². The molecule has 0 fully saturated rings. The average molecular weight is 197 g/mol. The van der Waals surface area contributed by atoms with Gasteiger partial charge in [-0.2, -0.15) is 0 Å². The molecule has 1 rings (SSSR count). The summed E-state index contributed by atoms with van der Waals surface area (Å²) in [5.74, 6) is 0.403. The van der Waals surface area contributed by atoms with Crippen LogP contribution in [0, 0.1) is 13.8 Å². The van der Waals surface area contributed by atoms with Crippen LogP contribution in [0.25, 0.3) is 0 Å². The molecule has 14 heavy (non-hydrogen) atoms. The standard InChI is InChI=1S/C10H15NO3/c1-6-5-14-8(3)9(6)10(13)11-4-7(2)12/h5,7,12H,4H2,1-3H3,(H,11,13). The molecule has 0 aliphatic rings. The maximum Gasteiger partial charge on any atom is 0.255 e. The van der Waals surface area contributed by atoms with Crippen molar-refractivity contribution in [2.24, 2.45) is 0 Å². The number of amides is 1. The van der Waals surface area contributed by atoms with E-state index >= 15 is 0 Å². The molecule has 78 valence electrons. The fourth-order valence-corrected chi connectivity index (χ4v) is 1.24. The minimum absolute atomic E-state index is 0.199. The number of furan rings is 1. The number of carbonyl (C=O) groups excluding carboxylic acids is 1. The summed E-state index contributed by atoms with van der Waals surface area (Å²) in [6.07, 6.45) is 1.01. The van der Waals surface area contributed by atoms with Crippen molar-refractivity contribution in [2.45, 2.75) is 26.9 Å². The van der Waals surface area contributed by atoms with Crippen LogP contribution in [0.4, 0.5) is 0 Å². The molecule has 1 atom stereocenters. The molecule has 4 heteroatoms. The summed E-state index contributed by atoms with van der Waals surface area (Å²) >= 11 is 0. The van der Waals surface area contributed by atoms with Crippen molar-refractivity contribution in [3.8, 4) is 0 Å². The van der Waals surface area contributed by atoms with Gasteiger partial charge in [-0.05, 0) is 20.8 Å². The summed E-state index contributed by atoms with van der Waals surface area (Å²) in [6.45, 7) is 5.43. The van der Waals surface area contributed by atoms with E-state index in [1.807, 2.05) is 6.92 Å². The lowest BCUT2D eigenvalue weighted by Crippen LogP contribution is -2.31. The van der Waals surface area contributed by atoms with Gasteiger partial charge in [-0.25, -0.2) is 0 Å². The maximum atomic E-state index is 11.6. The fourth-order valence-electron chi connectivity index (χ4n) is 1.24. The molecule has 0 aromatic carbocycles. The normalized spacial score (nSPS) is 12.6. The van der Waals surface area contributed by atoms with Crippen LogP contribution in [0.5, 0.6) is 0 Å². The molecule has 0 radical (unpaired) electrons. The molecule has 0 saturated heterocycles. The van der Waals surface area contributed by atoms with E-state index in [2.05, 4.69) is 5.32 Å². The minimum atomic E-state index is -0.536. The smallest absolute Gasteiger partial charge is 0.255 e. The van der Waals surface area contributed by atoms with Crippen LogP contribution in [-0.2, 0) is 0 Å². The molecule has 1 aromatic rings. The quantitative estimate of drug-likeness (QED) is 0.760. The van der Waals surface area contributed by atoms with Crippen LogP contribution >= 0.6 is 0 Å². The summed E-state index contributed by atoms with van der Waals surface area (Å²) in [6, 6.07) is 0. The first-order valence-corrected chi connectivity index (χ1v) is 4.53. The molecule has 1 unspecified atom stereocenters. The zero-order chi connectivity index (χ0) is 10.7. The van der Waals surface area contributed by atoms with Gasteiger partial charge >= 0.3 is 0 Å². The van der Waals surface area contributed by atoms with Crippen LogP contribution in [0.2, 0.25) is 0 Å². The third-order valence-electron chi connectivity index (χ3n) is 1.94. The Kier molecular flexibility index (Phi) is 3.30. The van der Waals surface area contributed by atoms with Gasteiger partial charge in [-0.1, -0.05) is 0 Å². The van der Waals surface area contributed by atoms with Gasteiger partial charge < -0.3 is 14.8 Å². The van der Waals surface area contributed by atoms with Gasteiger partial charge in [0, 0.05) is 12.1 Å². The van der Waals surface area contributed by atoms with Crippen molar-refractivity contribution in [1.29, 1.82) is 0 Å². The van der Waals surface area contributed by atoms with Gasteiger partial charge in [-0.15, -0.1) is 0 Å². The monoisotopic (exact) mass is 197 g/mol. The summed E-state index contributed by atoms with van der Waals surface area (Å²) in [5, 5.41) is 11.6. The predicted octanol–water partition coefficient (Wildman–Crippen LogP) is 1.01. The highest BCUT2D eigenvalue weighted by Crippen LogP contribution is 2.14. The summed E-state index contributed by atoms with van der Waals surface area (Å²) in [4.78, 5) is 11.6. The third kappa shape index (κ3) is 2.35. The first-order chi connectivity index (χ1) is 6.52. The largest absolute Gasteiger partial charge is 0.469 e. The van der Waals surface area contributed by atoms with Crippen LogP contribution in [0.15, 0.2) is 10.7 Å². The lowest BCUT2D eigenvalue weighted by molar-refractivity contribution is 0.0922. The number of hydrogen-bond acceptors (Lipinski definition) is 3. The fraction of sp³-hybridized carbons (Fsp3) is 0.500. The maximum absolute atomic E-state index is 11.6. The Morgan fingerprint density at radius 2 is 2.29 bits per heavy atom. The molecule has 0 aliphatic heterocycles. The predicted molar refractivity (Wildman–Crippen MR) is 52.2 cm³/mol. The van der Waals surface area contributed by atoms with Gasteiger partial charge in [0.2, 0.25) is 0 Å². The van der Waals surface area contributed by atoms with Crippen molar-refractivity contribution >= 4 is 5.91 Å². The lowest BCUT2D eigenvalue weighted by atomic mass is 10.1. The molecule has 0 saturated carbocycles. The van der Waals surface area contributed by atoms with Crippen molar-refractivity contribution in [3.05, 3.63) is 23.2 Å². The first-order valence-electron chi connectivity index (χ1n) is 4.53. The number of aliphatic hydroxyl groups is 1. The highest BCUT2D eigenvalue weighted by atomic mass is 16.3. The Morgan fingerprint density at radius 3 is 2.71 bits per heavy atom. The van der Waals surface area contributed by atoms with E-state index in [0.29, 0.717) is 11.3 Å². The van der Waals surface area contributed by atoms with Crippen LogP contribution in [-0.4, -0.2) is 23.7 Å². The van der Waals surface area contributed by atoms with Gasteiger partial charge in [-0.3, -0.25) is 4.79 Å². The van der Waals surface area contributed by atoms with E-state index in [4.69, 9.17) is 9.52 Å². The number of hydrogen-bond donors (Lipinski definition) is 2. The Balaban J connectivity index is 2.70. The molecule has 4 nitrogen and oxygen atoms in total. The Hall–Kier alpha value is -1.29. The van der Waals surface area contributed by atoms with E-state index in [1.54, 1.807) is 20.1 Å². The average Bonchev–Trinajstić information content (AvgIpc) is 2.42. The van der Waals surface area contributed by atoms with Crippen LogP contribution < -0.4 is 5.32 Å². The lowest BCUT2D eigenvalue weighted by Gasteiger charge is -2.06. The minimum Gasteiger partial charge on any atom is -0.469 e. The first kappa shape index (κ1) is 10.8. The van der Waals surface area contributed by atoms with E-state index in [-0.39, 0.29) is 12.5 Å². The second kappa shape index (κ2) is 4.28. The second-order valence-corrected chi connectivity index (χ2v) is 3.41. The zero-order valence-electron chi connectivity index (χ0n) is 8.63. The van der Waals surface area contributed by atoms with Gasteiger partial charge in [0.05, 0.1) is 17.9 Å². The molecule has 0 aliphatic carbocycles. The van der Waals surface area contributed by atoms with Gasteiger partial charge in [0.25, 0.3) is 5.91 Å². The van der Waals surface area contributed by atoms with E-state index in [0.717, 1.165) is 5.56 Å². The summed E-state index contributed by atoms with van der Waals surface area (Å²) in [5.41, 5.74) is 1.37. The Bertz CT molecular complexity index is 309. The van der Waals surface area contributed by atoms with Crippen molar-refractivity contribution in [1.82, 2.24) is 5.32 Å². The second-order valence-electron chi connectivity index (χ2n) is 3.41. The number of rotatable bonds is 3. The van der Waals surface area contributed by atoms with Crippen molar-refractivity contribution in [3.63, 3.8) is 0 Å². The third-order valence-corrected chi connectivity index (χ3v) is 1.94. The molecule has 1 aromatic heterocycles. The van der Waals surface area contributed by atoms with Crippen molar-refractivity contribution < 1.29 is 14.3 Å². The molecule has 0 spiro atoms. The highest BCUT2D eigenvalue weighted by Gasteiger charge is 2.15. The zero-order valence-corrected chi connectivity index (χ0v) is 8.63. The number of nitrogens with one attached hydrogen (secondary N) is 1. The molecular weight excluding hydrogens is 182 g/mol.